The Bertz CT molecular complexity index is 580. The van der Waals surface area contributed by atoms with E-state index in [-0.39, 0.29) is 5.95 Å². The van der Waals surface area contributed by atoms with Gasteiger partial charge < -0.3 is 19.0 Å². The number of aliphatic carboxylic acids is 1. The van der Waals surface area contributed by atoms with Gasteiger partial charge in [-0.25, -0.2) is 4.79 Å². The first-order valence-electron chi connectivity index (χ1n) is 5.50. The van der Waals surface area contributed by atoms with Crippen LogP contribution in [-0.4, -0.2) is 18.2 Å². The van der Waals surface area contributed by atoms with E-state index in [1.54, 1.807) is 43.5 Å². The molecular formula is C14H12O5. The summed E-state index contributed by atoms with van der Waals surface area (Å²) in [6.45, 7) is 0. The van der Waals surface area contributed by atoms with Crippen LogP contribution < -0.4 is 9.47 Å². The molecule has 0 saturated carbocycles. The SMILES string of the molecule is COc1ccc(Oc2ccc(/C=C/C(=O)O)o2)cc1. The molecule has 0 fully saturated rings. The summed E-state index contributed by atoms with van der Waals surface area (Å²) >= 11 is 0. The molecule has 2 rings (SSSR count). The van der Waals surface area contributed by atoms with Gasteiger partial charge in [0.1, 0.15) is 17.3 Å². The van der Waals surface area contributed by atoms with Crippen LogP contribution in [0.3, 0.4) is 0 Å². The predicted octanol–water partition coefficient (Wildman–Crippen LogP) is 3.18. The number of carboxylic acid groups (broad SMARTS) is 1. The Kier molecular flexibility index (Phi) is 3.87. The van der Waals surface area contributed by atoms with E-state index in [4.69, 9.17) is 19.0 Å². The van der Waals surface area contributed by atoms with Crippen LogP contribution in [0.2, 0.25) is 0 Å². The molecule has 5 nitrogen and oxygen atoms in total. The van der Waals surface area contributed by atoms with Gasteiger partial charge in [-0.2, -0.15) is 0 Å². The molecule has 0 bridgehead atoms. The van der Waals surface area contributed by atoms with Gasteiger partial charge in [0.05, 0.1) is 7.11 Å². The minimum Gasteiger partial charge on any atom is -0.497 e. The summed E-state index contributed by atoms with van der Waals surface area (Å²) in [5, 5.41) is 8.49. The molecule has 0 aliphatic rings. The van der Waals surface area contributed by atoms with Crippen molar-refractivity contribution in [3.05, 3.63) is 48.2 Å². The molecule has 5 heteroatoms. The van der Waals surface area contributed by atoms with Crippen molar-refractivity contribution in [2.75, 3.05) is 7.11 Å². The first-order valence-corrected chi connectivity index (χ1v) is 5.50. The molecule has 0 unspecified atom stereocenters. The van der Waals surface area contributed by atoms with Gasteiger partial charge in [0.25, 0.3) is 5.95 Å². The summed E-state index contributed by atoms with van der Waals surface area (Å²) in [4.78, 5) is 10.4. The Balaban J connectivity index is 2.04. The number of carbonyl (C=O) groups is 1. The maximum absolute atomic E-state index is 10.4. The quantitative estimate of drug-likeness (QED) is 0.836. The van der Waals surface area contributed by atoms with Crippen LogP contribution in [-0.2, 0) is 4.79 Å². The molecule has 0 aliphatic carbocycles. The average Bonchev–Trinajstić information content (AvgIpc) is 2.85. The van der Waals surface area contributed by atoms with E-state index in [1.807, 2.05) is 0 Å². The molecule has 1 heterocycles. The molecule has 1 aromatic carbocycles. The molecule has 2 aromatic rings. The van der Waals surface area contributed by atoms with Crippen molar-refractivity contribution in [2.24, 2.45) is 0 Å². The van der Waals surface area contributed by atoms with Crippen molar-refractivity contribution in [1.82, 2.24) is 0 Å². The fourth-order valence-corrected chi connectivity index (χ4v) is 1.39. The Hall–Kier alpha value is -2.69. The van der Waals surface area contributed by atoms with Crippen LogP contribution in [0.25, 0.3) is 6.08 Å². The molecule has 19 heavy (non-hydrogen) atoms. The van der Waals surface area contributed by atoms with E-state index in [9.17, 15) is 4.79 Å². The number of rotatable bonds is 5. The fraction of sp³-hybridized carbons (Fsp3) is 0.0714. The van der Waals surface area contributed by atoms with Gasteiger partial charge in [-0.3, -0.25) is 0 Å². The Morgan fingerprint density at radius 3 is 2.47 bits per heavy atom. The Morgan fingerprint density at radius 1 is 1.16 bits per heavy atom. The topological polar surface area (TPSA) is 68.9 Å². The van der Waals surface area contributed by atoms with Crippen LogP contribution in [0.15, 0.2) is 46.9 Å². The third-order valence-corrected chi connectivity index (χ3v) is 2.27. The number of benzene rings is 1. The minimum atomic E-state index is -1.03. The van der Waals surface area contributed by atoms with E-state index in [2.05, 4.69) is 0 Å². The highest BCUT2D eigenvalue weighted by molar-refractivity contribution is 5.84. The number of carboxylic acids is 1. The largest absolute Gasteiger partial charge is 0.497 e. The van der Waals surface area contributed by atoms with E-state index in [0.717, 1.165) is 11.8 Å². The second-order valence-electron chi connectivity index (χ2n) is 3.61. The summed E-state index contributed by atoms with van der Waals surface area (Å²) < 4.78 is 15.8. The lowest BCUT2D eigenvalue weighted by Crippen LogP contribution is -1.85. The van der Waals surface area contributed by atoms with Gasteiger partial charge in [-0.05, 0) is 36.4 Å². The van der Waals surface area contributed by atoms with Crippen molar-refractivity contribution in [3.8, 4) is 17.4 Å². The van der Waals surface area contributed by atoms with Gasteiger partial charge >= 0.3 is 5.97 Å². The van der Waals surface area contributed by atoms with E-state index in [1.165, 1.54) is 6.08 Å². The minimum absolute atomic E-state index is 0.287. The first-order chi connectivity index (χ1) is 9.17. The predicted molar refractivity (Wildman–Crippen MR) is 68.4 cm³/mol. The van der Waals surface area contributed by atoms with Crippen LogP contribution in [0.4, 0.5) is 0 Å². The highest BCUT2D eigenvalue weighted by Crippen LogP contribution is 2.25. The van der Waals surface area contributed by atoms with Crippen molar-refractivity contribution >= 4 is 12.0 Å². The highest BCUT2D eigenvalue weighted by Gasteiger charge is 2.03. The molecule has 0 atom stereocenters. The molecule has 0 radical (unpaired) electrons. The van der Waals surface area contributed by atoms with Crippen molar-refractivity contribution in [3.63, 3.8) is 0 Å². The zero-order valence-corrected chi connectivity index (χ0v) is 10.2. The van der Waals surface area contributed by atoms with Crippen molar-refractivity contribution in [2.45, 2.75) is 0 Å². The van der Waals surface area contributed by atoms with Crippen molar-refractivity contribution < 1.29 is 23.8 Å². The molecule has 1 N–H and O–H groups in total. The molecule has 0 aliphatic heterocycles. The van der Waals surface area contributed by atoms with Crippen LogP contribution in [0, 0.1) is 0 Å². The highest BCUT2D eigenvalue weighted by atomic mass is 16.6. The average molecular weight is 260 g/mol. The summed E-state index contributed by atoms with van der Waals surface area (Å²) in [7, 11) is 1.59. The summed E-state index contributed by atoms with van der Waals surface area (Å²) in [5.74, 6) is 0.996. The smallest absolute Gasteiger partial charge is 0.328 e. The van der Waals surface area contributed by atoms with Crippen LogP contribution in [0.1, 0.15) is 5.76 Å². The zero-order valence-electron chi connectivity index (χ0n) is 10.2. The number of methoxy groups -OCH3 is 1. The third kappa shape index (κ3) is 3.64. The molecule has 0 spiro atoms. The third-order valence-electron chi connectivity index (χ3n) is 2.27. The second-order valence-corrected chi connectivity index (χ2v) is 3.61. The van der Waals surface area contributed by atoms with E-state index >= 15 is 0 Å². The number of furan rings is 1. The second kappa shape index (κ2) is 5.77. The molecule has 1 aromatic heterocycles. The lowest BCUT2D eigenvalue weighted by atomic mass is 10.3. The van der Waals surface area contributed by atoms with Gasteiger partial charge in [-0.1, -0.05) is 0 Å². The van der Waals surface area contributed by atoms with Gasteiger partial charge in [0.2, 0.25) is 0 Å². The lowest BCUT2D eigenvalue weighted by molar-refractivity contribution is -0.131. The monoisotopic (exact) mass is 260 g/mol. The Labute approximate surface area is 109 Å². The summed E-state index contributed by atoms with van der Waals surface area (Å²) in [5.41, 5.74) is 0. The maximum Gasteiger partial charge on any atom is 0.328 e. The standard InChI is InChI=1S/C14H12O5/c1-17-10-2-4-11(5-3-10)18-14-9-7-12(19-14)6-8-13(15)16/h2-9H,1H3,(H,15,16)/b8-6+. The summed E-state index contributed by atoms with van der Waals surface area (Å²) in [6, 6.07) is 10.3. The number of hydrogen-bond acceptors (Lipinski definition) is 4. The van der Waals surface area contributed by atoms with Crippen LogP contribution >= 0.6 is 0 Å². The van der Waals surface area contributed by atoms with E-state index < -0.39 is 5.97 Å². The fourth-order valence-electron chi connectivity index (χ4n) is 1.39. The number of hydrogen-bond donors (Lipinski definition) is 1. The first kappa shape index (κ1) is 12.8. The molecule has 0 saturated heterocycles. The lowest BCUT2D eigenvalue weighted by Gasteiger charge is -2.03. The molecule has 98 valence electrons. The summed E-state index contributed by atoms with van der Waals surface area (Å²) in [6.07, 6.45) is 2.35. The van der Waals surface area contributed by atoms with Crippen LogP contribution in [0.5, 0.6) is 17.4 Å². The molecule has 0 amide bonds. The zero-order chi connectivity index (χ0) is 13.7. The Morgan fingerprint density at radius 2 is 1.84 bits per heavy atom. The number of ether oxygens (including phenoxy) is 2. The maximum atomic E-state index is 10.4. The van der Waals surface area contributed by atoms with Gasteiger partial charge in [-0.15, -0.1) is 0 Å². The van der Waals surface area contributed by atoms with Gasteiger partial charge in [0, 0.05) is 12.1 Å². The molecular weight excluding hydrogens is 248 g/mol. The van der Waals surface area contributed by atoms with Gasteiger partial charge in [0.15, 0.2) is 0 Å². The van der Waals surface area contributed by atoms with E-state index in [0.29, 0.717) is 11.5 Å². The normalized spacial score (nSPS) is 10.6. The van der Waals surface area contributed by atoms with Crippen molar-refractivity contribution in [1.29, 1.82) is 0 Å².